The molecular formula is C49H52F2O4P2. The standard InChI is InChI=1S/C49H52F2O4P2/c1-31-22-23-43(49(9,10)11)45(28-31)53-57(39-19-15-17-37(51)30-39)55-47-35(5)25-33(3)27-41(47)40-26-32(2)24-34(4)46(40)54-56(38-18-14-16-36(50)29-38)52-44-21-13-12-20-42(44)48(6,7)8/h12-30H,1-11H3. The average molecular weight is 805 g/mol. The lowest BCUT2D eigenvalue weighted by atomic mass is 9.86. The molecule has 0 aromatic heterocycles. The first-order valence-corrected chi connectivity index (χ1v) is 21.5. The van der Waals surface area contributed by atoms with Gasteiger partial charge in [0.25, 0.3) is 0 Å². The third kappa shape index (κ3) is 10.0. The number of hydrogen-bond acceptors (Lipinski definition) is 4. The van der Waals surface area contributed by atoms with E-state index in [1.54, 1.807) is 12.1 Å². The van der Waals surface area contributed by atoms with Crippen molar-refractivity contribution in [1.29, 1.82) is 0 Å². The van der Waals surface area contributed by atoms with Crippen molar-refractivity contribution in [3.05, 3.63) is 166 Å². The monoisotopic (exact) mass is 804 g/mol. The molecule has 2 unspecified atom stereocenters. The second-order valence-electron chi connectivity index (χ2n) is 16.8. The number of rotatable bonds is 11. The molecule has 0 radical (unpaired) electrons. The predicted octanol–water partition coefficient (Wildman–Crippen LogP) is 14.0. The molecule has 0 aliphatic rings. The molecule has 0 saturated heterocycles. The second kappa shape index (κ2) is 17.0. The fraction of sp³-hybridized carbons (Fsp3) is 0.265. The molecule has 8 heteroatoms. The van der Waals surface area contributed by atoms with E-state index in [0.717, 1.165) is 50.1 Å². The number of hydrogen-bond donors (Lipinski definition) is 0. The van der Waals surface area contributed by atoms with Crippen molar-refractivity contribution in [2.24, 2.45) is 0 Å². The molecular weight excluding hydrogens is 752 g/mol. The minimum atomic E-state index is -1.91. The summed E-state index contributed by atoms with van der Waals surface area (Å²) in [5, 5.41) is 1.18. The smallest absolute Gasteiger partial charge is 0.326 e. The quantitative estimate of drug-likeness (QED) is 0.122. The maximum atomic E-state index is 14.9. The lowest BCUT2D eigenvalue weighted by Gasteiger charge is -2.28. The van der Waals surface area contributed by atoms with Crippen molar-refractivity contribution in [3.63, 3.8) is 0 Å². The third-order valence-corrected chi connectivity index (χ3v) is 12.3. The summed E-state index contributed by atoms with van der Waals surface area (Å²) in [6.07, 6.45) is 0. The van der Waals surface area contributed by atoms with Crippen LogP contribution in [0.25, 0.3) is 11.1 Å². The van der Waals surface area contributed by atoms with E-state index in [1.807, 2.05) is 71.0 Å². The Hall–Kier alpha value is -4.76. The van der Waals surface area contributed by atoms with Gasteiger partial charge in [-0.2, -0.15) is 0 Å². The topological polar surface area (TPSA) is 36.9 Å². The number of aryl methyl sites for hydroxylation is 5. The van der Waals surface area contributed by atoms with Gasteiger partial charge in [0.1, 0.15) is 34.6 Å². The summed E-state index contributed by atoms with van der Waals surface area (Å²) in [7, 11) is -3.80. The first-order valence-electron chi connectivity index (χ1n) is 19.1. The molecule has 0 aliphatic heterocycles. The normalized spacial score (nSPS) is 12.9. The fourth-order valence-corrected chi connectivity index (χ4v) is 9.67. The van der Waals surface area contributed by atoms with E-state index in [9.17, 15) is 8.78 Å². The van der Waals surface area contributed by atoms with Gasteiger partial charge < -0.3 is 18.1 Å². The molecule has 4 nitrogen and oxygen atoms in total. The molecule has 2 atom stereocenters. The zero-order valence-electron chi connectivity index (χ0n) is 34.8. The van der Waals surface area contributed by atoms with Gasteiger partial charge in [0.15, 0.2) is 0 Å². The Morgan fingerprint density at radius 2 is 0.877 bits per heavy atom. The van der Waals surface area contributed by atoms with Crippen molar-refractivity contribution in [2.45, 2.75) is 87.0 Å². The summed E-state index contributed by atoms with van der Waals surface area (Å²) in [5.74, 6) is 1.78. The van der Waals surface area contributed by atoms with Crippen LogP contribution in [0.1, 0.15) is 80.5 Å². The molecule has 6 rings (SSSR count). The molecule has 0 aliphatic carbocycles. The van der Waals surface area contributed by atoms with Crippen LogP contribution in [0, 0.1) is 46.3 Å². The maximum Gasteiger partial charge on any atom is 0.326 e. The van der Waals surface area contributed by atoms with Crippen LogP contribution in [0.5, 0.6) is 23.0 Å². The first kappa shape index (κ1) is 41.9. The van der Waals surface area contributed by atoms with Gasteiger partial charge in [-0.15, -0.1) is 0 Å². The van der Waals surface area contributed by atoms with Gasteiger partial charge in [0.05, 0.1) is 10.6 Å². The van der Waals surface area contributed by atoms with E-state index in [4.69, 9.17) is 18.1 Å². The summed E-state index contributed by atoms with van der Waals surface area (Å²) in [6.45, 7) is 23.0. The van der Waals surface area contributed by atoms with Crippen molar-refractivity contribution in [1.82, 2.24) is 0 Å². The molecule has 296 valence electrons. The highest BCUT2D eigenvalue weighted by Gasteiger charge is 2.30. The van der Waals surface area contributed by atoms with Crippen LogP contribution in [0.3, 0.4) is 0 Å². The van der Waals surface area contributed by atoms with Crippen LogP contribution < -0.4 is 28.7 Å². The highest BCUT2D eigenvalue weighted by Crippen LogP contribution is 2.52. The molecule has 0 bridgehead atoms. The fourth-order valence-electron chi connectivity index (χ4n) is 6.81. The van der Waals surface area contributed by atoms with Crippen LogP contribution in [0.15, 0.2) is 115 Å². The Balaban J connectivity index is 1.51. The van der Waals surface area contributed by atoms with E-state index in [-0.39, 0.29) is 22.5 Å². The maximum absolute atomic E-state index is 14.9. The predicted molar refractivity (Wildman–Crippen MR) is 234 cm³/mol. The van der Waals surface area contributed by atoms with Crippen molar-refractivity contribution in [3.8, 4) is 34.1 Å². The lowest BCUT2D eigenvalue weighted by molar-refractivity contribution is 0.477. The Kier molecular flexibility index (Phi) is 12.5. The molecule has 0 saturated carbocycles. The number of benzene rings is 6. The van der Waals surface area contributed by atoms with E-state index in [1.165, 1.54) is 24.3 Å². The Bertz CT molecular complexity index is 2400. The van der Waals surface area contributed by atoms with E-state index >= 15 is 0 Å². The van der Waals surface area contributed by atoms with Crippen LogP contribution in [0.4, 0.5) is 8.78 Å². The highest BCUT2D eigenvalue weighted by atomic mass is 31.2. The van der Waals surface area contributed by atoms with Crippen LogP contribution >= 0.6 is 16.8 Å². The molecule has 0 spiro atoms. The van der Waals surface area contributed by atoms with Gasteiger partial charge in [-0.05, 0) is 145 Å². The van der Waals surface area contributed by atoms with Crippen molar-refractivity contribution >= 4 is 27.4 Å². The summed E-state index contributed by atoms with van der Waals surface area (Å²) in [6, 6.07) is 35.2. The lowest BCUT2D eigenvalue weighted by Crippen LogP contribution is -2.16. The average Bonchev–Trinajstić information content (AvgIpc) is 3.12. The molecule has 6 aromatic rings. The van der Waals surface area contributed by atoms with Gasteiger partial charge >= 0.3 is 16.8 Å². The summed E-state index contributed by atoms with van der Waals surface area (Å²) in [5.41, 5.74) is 8.00. The Morgan fingerprint density at radius 1 is 0.421 bits per heavy atom. The van der Waals surface area contributed by atoms with Crippen LogP contribution in [-0.2, 0) is 10.8 Å². The summed E-state index contributed by atoms with van der Waals surface area (Å²) < 4.78 is 57.6. The first-order chi connectivity index (χ1) is 26.9. The van der Waals surface area contributed by atoms with E-state index in [2.05, 4.69) is 84.0 Å². The third-order valence-electron chi connectivity index (χ3n) is 9.52. The summed E-state index contributed by atoms with van der Waals surface area (Å²) >= 11 is 0. The second-order valence-corrected chi connectivity index (χ2v) is 19.5. The van der Waals surface area contributed by atoms with Gasteiger partial charge in [-0.25, -0.2) is 8.78 Å². The molecule has 0 N–H and O–H groups in total. The van der Waals surface area contributed by atoms with Gasteiger partial charge in [-0.1, -0.05) is 96.1 Å². The number of para-hydroxylation sites is 1. The minimum Gasteiger partial charge on any atom is -0.435 e. The molecule has 57 heavy (non-hydrogen) atoms. The van der Waals surface area contributed by atoms with E-state index in [0.29, 0.717) is 33.6 Å². The molecule has 0 amide bonds. The van der Waals surface area contributed by atoms with Crippen molar-refractivity contribution < 1.29 is 26.9 Å². The highest BCUT2D eigenvalue weighted by molar-refractivity contribution is 7.57. The van der Waals surface area contributed by atoms with E-state index < -0.39 is 16.8 Å². The van der Waals surface area contributed by atoms with Gasteiger partial charge in [-0.3, -0.25) is 0 Å². The van der Waals surface area contributed by atoms with Gasteiger partial charge in [0, 0.05) is 11.1 Å². The Morgan fingerprint density at radius 3 is 1.35 bits per heavy atom. The van der Waals surface area contributed by atoms with Crippen LogP contribution in [-0.4, -0.2) is 0 Å². The number of halogens is 2. The van der Waals surface area contributed by atoms with Crippen molar-refractivity contribution in [2.75, 3.05) is 0 Å². The SMILES string of the molecule is Cc1ccc(C(C)(C)C)c(OP(Oc2c(C)cc(C)cc2-c2cc(C)cc(C)c2OP(Oc2ccccc2C(C)(C)C)c2cccc(F)c2)c2cccc(F)c2)c1. The van der Waals surface area contributed by atoms with Crippen LogP contribution in [0.2, 0.25) is 0 Å². The zero-order valence-corrected chi connectivity index (χ0v) is 36.5. The Labute approximate surface area is 340 Å². The zero-order chi connectivity index (χ0) is 41.2. The molecule has 6 aromatic carbocycles. The minimum absolute atomic E-state index is 0.218. The molecule has 0 fully saturated rings. The van der Waals surface area contributed by atoms with Gasteiger partial charge in [0.2, 0.25) is 0 Å². The largest absolute Gasteiger partial charge is 0.435 e. The molecule has 0 heterocycles. The summed E-state index contributed by atoms with van der Waals surface area (Å²) in [4.78, 5) is 0.